The Bertz CT molecular complexity index is 298. The highest BCUT2D eigenvalue weighted by atomic mass is 15.2. The lowest BCUT2D eigenvalue weighted by atomic mass is 9.82. The zero-order valence-electron chi connectivity index (χ0n) is 9.91. The molecular weight excluding hydrogens is 196 g/mol. The Hall–Kier alpha value is -0.600. The molecule has 2 fully saturated rings. The summed E-state index contributed by atoms with van der Waals surface area (Å²) in [7, 11) is 0. The Morgan fingerprint density at radius 2 is 1.81 bits per heavy atom. The summed E-state index contributed by atoms with van der Waals surface area (Å²) in [5.74, 6) is 0.840. The topological polar surface area (TPSA) is 24.1 Å². The van der Waals surface area contributed by atoms with Gasteiger partial charge in [-0.1, -0.05) is 43.9 Å². The van der Waals surface area contributed by atoms with Crippen LogP contribution in [0.5, 0.6) is 0 Å². The van der Waals surface area contributed by atoms with Crippen molar-refractivity contribution in [3.63, 3.8) is 0 Å². The zero-order valence-corrected chi connectivity index (χ0v) is 9.91. The molecule has 0 radical (unpaired) electrons. The van der Waals surface area contributed by atoms with Crippen molar-refractivity contribution in [3.05, 3.63) is 23.8 Å². The van der Waals surface area contributed by atoms with Gasteiger partial charge < -0.3 is 0 Å². The van der Waals surface area contributed by atoms with E-state index in [9.17, 15) is 0 Å². The van der Waals surface area contributed by atoms with Gasteiger partial charge in [-0.05, 0) is 24.3 Å². The normalized spacial score (nSPS) is 35.6. The van der Waals surface area contributed by atoms with Gasteiger partial charge in [0.25, 0.3) is 0 Å². The number of hydrogen-bond acceptors (Lipinski definition) is 2. The van der Waals surface area contributed by atoms with Crippen LogP contribution in [0.2, 0.25) is 0 Å². The lowest BCUT2D eigenvalue weighted by molar-refractivity contribution is 0.469. The first kappa shape index (κ1) is 10.5. The van der Waals surface area contributed by atoms with E-state index in [0.717, 1.165) is 12.6 Å². The fraction of sp³-hybridized carbons (Fsp3) is 0.714. The first-order valence-corrected chi connectivity index (χ1v) is 6.80. The van der Waals surface area contributed by atoms with E-state index in [2.05, 4.69) is 28.9 Å². The molecule has 3 rings (SSSR count). The summed E-state index contributed by atoms with van der Waals surface area (Å²) in [6.45, 7) is 0.962. The molecule has 2 unspecified atom stereocenters. The summed E-state index contributed by atoms with van der Waals surface area (Å²) in [6, 6.07) is 1.12. The van der Waals surface area contributed by atoms with Crippen molar-refractivity contribution in [2.45, 2.75) is 50.6 Å². The van der Waals surface area contributed by atoms with Crippen molar-refractivity contribution in [2.75, 3.05) is 6.67 Å². The second kappa shape index (κ2) is 4.72. The summed E-state index contributed by atoms with van der Waals surface area (Å²) >= 11 is 0. The number of allylic oxidation sites excluding steroid dienone is 2. The number of nitrogens with one attached hydrogen (secondary N) is 2. The second-order valence-electron chi connectivity index (χ2n) is 5.33. The molecule has 0 bridgehead atoms. The van der Waals surface area contributed by atoms with Crippen molar-refractivity contribution in [3.8, 4) is 0 Å². The molecule has 1 aliphatic heterocycles. The van der Waals surface area contributed by atoms with Gasteiger partial charge in [-0.25, -0.2) is 0 Å². The number of rotatable bonds is 1. The Balaban J connectivity index is 1.76. The molecule has 0 spiro atoms. The minimum absolute atomic E-state index is 0.545. The van der Waals surface area contributed by atoms with Crippen LogP contribution in [0.25, 0.3) is 0 Å². The molecule has 1 saturated heterocycles. The van der Waals surface area contributed by atoms with E-state index in [1.54, 1.807) is 5.57 Å². The molecule has 88 valence electrons. The molecular formula is C14H22N2. The Morgan fingerprint density at radius 3 is 2.62 bits per heavy atom. The quantitative estimate of drug-likeness (QED) is 0.660. The van der Waals surface area contributed by atoms with Crippen LogP contribution in [-0.4, -0.2) is 18.8 Å². The van der Waals surface area contributed by atoms with Crippen molar-refractivity contribution in [1.29, 1.82) is 0 Å². The van der Waals surface area contributed by atoms with Gasteiger partial charge >= 0.3 is 0 Å². The Morgan fingerprint density at radius 1 is 1.00 bits per heavy atom. The summed E-state index contributed by atoms with van der Waals surface area (Å²) < 4.78 is 0. The minimum atomic E-state index is 0.545. The third-order valence-corrected chi connectivity index (χ3v) is 4.31. The van der Waals surface area contributed by atoms with Crippen molar-refractivity contribution >= 4 is 0 Å². The number of fused-ring (bicyclic) bond motifs is 1. The van der Waals surface area contributed by atoms with Crippen molar-refractivity contribution in [1.82, 2.24) is 10.6 Å². The lowest BCUT2D eigenvalue weighted by Crippen LogP contribution is -2.37. The van der Waals surface area contributed by atoms with Crippen LogP contribution < -0.4 is 10.6 Å². The fourth-order valence-corrected chi connectivity index (χ4v) is 3.43. The highest BCUT2D eigenvalue weighted by molar-refractivity contribution is 5.32. The van der Waals surface area contributed by atoms with Gasteiger partial charge in [0.1, 0.15) is 0 Å². The van der Waals surface area contributed by atoms with Gasteiger partial charge in [-0.15, -0.1) is 0 Å². The molecule has 0 amide bonds. The van der Waals surface area contributed by atoms with Crippen molar-refractivity contribution in [2.24, 2.45) is 5.92 Å². The Kier molecular flexibility index (Phi) is 3.11. The van der Waals surface area contributed by atoms with E-state index >= 15 is 0 Å². The molecule has 1 heterocycles. The van der Waals surface area contributed by atoms with Crippen LogP contribution in [0.15, 0.2) is 23.8 Å². The predicted molar refractivity (Wildman–Crippen MR) is 67.1 cm³/mol. The van der Waals surface area contributed by atoms with Gasteiger partial charge in [0.2, 0.25) is 0 Å². The summed E-state index contributed by atoms with van der Waals surface area (Å²) in [4.78, 5) is 0. The lowest BCUT2D eigenvalue weighted by Gasteiger charge is -2.28. The van der Waals surface area contributed by atoms with Crippen LogP contribution >= 0.6 is 0 Å². The van der Waals surface area contributed by atoms with E-state index in [4.69, 9.17) is 0 Å². The maximum Gasteiger partial charge on any atom is 0.0487 e. The maximum atomic E-state index is 3.60. The average Bonchev–Trinajstić information content (AvgIpc) is 2.63. The van der Waals surface area contributed by atoms with Gasteiger partial charge in [0, 0.05) is 18.8 Å². The molecule has 2 N–H and O–H groups in total. The maximum absolute atomic E-state index is 3.60. The molecule has 0 aromatic heterocycles. The van der Waals surface area contributed by atoms with E-state index in [-0.39, 0.29) is 0 Å². The highest BCUT2D eigenvalue weighted by Gasteiger charge is 2.32. The van der Waals surface area contributed by atoms with Crippen LogP contribution in [-0.2, 0) is 0 Å². The highest BCUT2D eigenvalue weighted by Crippen LogP contribution is 2.33. The predicted octanol–water partition coefficient (Wildman–Crippen LogP) is 2.34. The molecule has 2 heteroatoms. The second-order valence-corrected chi connectivity index (χ2v) is 5.33. The zero-order chi connectivity index (χ0) is 10.8. The molecule has 2 nitrogen and oxygen atoms in total. The molecule has 0 aromatic rings. The third-order valence-electron chi connectivity index (χ3n) is 4.31. The summed E-state index contributed by atoms with van der Waals surface area (Å²) in [6.07, 6.45) is 15.5. The van der Waals surface area contributed by atoms with E-state index in [0.29, 0.717) is 12.1 Å². The monoisotopic (exact) mass is 218 g/mol. The molecule has 16 heavy (non-hydrogen) atoms. The van der Waals surface area contributed by atoms with Crippen LogP contribution in [0.4, 0.5) is 0 Å². The average molecular weight is 218 g/mol. The van der Waals surface area contributed by atoms with Crippen LogP contribution in [0.3, 0.4) is 0 Å². The number of hydrogen-bond donors (Lipinski definition) is 2. The molecule has 2 atom stereocenters. The molecule has 0 aromatic carbocycles. The summed E-state index contributed by atoms with van der Waals surface area (Å²) in [5.41, 5.74) is 1.67. The van der Waals surface area contributed by atoms with Crippen molar-refractivity contribution < 1.29 is 0 Å². The van der Waals surface area contributed by atoms with E-state index < -0.39 is 0 Å². The third kappa shape index (κ3) is 1.96. The largest absolute Gasteiger partial charge is 0.296 e. The van der Waals surface area contributed by atoms with E-state index in [1.165, 1.54) is 38.5 Å². The first-order chi connectivity index (χ1) is 7.95. The minimum Gasteiger partial charge on any atom is -0.296 e. The Labute approximate surface area is 98.2 Å². The summed E-state index contributed by atoms with van der Waals surface area (Å²) in [5, 5.41) is 7.10. The van der Waals surface area contributed by atoms with Gasteiger partial charge in [0.15, 0.2) is 0 Å². The van der Waals surface area contributed by atoms with Gasteiger partial charge in [-0.3, -0.25) is 10.6 Å². The first-order valence-electron chi connectivity index (χ1n) is 6.80. The van der Waals surface area contributed by atoms with E-state index in [1.807, 2.05) is 0 Å². The molecule has 3 aliphatic rings. The van der Waals surface area contributed by atoms with Gasteiger partial charge in [-0.2, -0.15) is 0 Å². The fourth-order valence-electron chi connectivity index (χ4n) is 3.43. The molecule has 1 saturated carbocycles. The van der Waals surface area contributed by atoms with Crippen LogP contribution in [0, 0.1) is 5.92 Å². The smallest absolute Gasteiger partial charge is 0.0487 e. The standard InChI is InChI=1S/C14H22N2/c1-2-4-7-11(6-3-1)12-8-5-9-13-14(12)16-10-15-13/h5,8-9,11,13-16H,1-4,6-7,10H2. The van der Waals surface area contributed by atoms with Gasteiger partial charge in [0.05, 0.1) is 0 Å². The van der Waals surface area contributed by atoms with Crippen LogP contribution in [0.1, 0.15) is 38.5 Å². The molecule has 2 aliphatic carbocycles. The SMILES string of the molecule is C1=CC2NCNC2C(C2CCCCCC2)=C1.